The molecule has 0 aromatic rings. The fourth-order valence-corrected chi connectivity index (χ4v) is 9.71. The number of alkyl halides is 2. The third-order valence-corrected chi connectivity index (χ3v) is 10.5. The van der Waals surface area contributed by atoms with Crippen molar-refractivity contribution in [2.24, 2.45) is 40.9 Å². The minimum absolute atomic E-state index is 0.0977. The van der Waals surface area contributed by atoms with Crippen molar-refractivity contribution in [1.82, 2.24) is 0 Å². The lowest BCUT2D eigenvalue weighted by Gasteiger charge is -2.60. The maximum Gasteiger partial charge on any atom is 0.332 e. The lowest BCUT2D eigenvalue weighted by Crippen LogP contribution is -2.60. The van der Waals surface area contributed by atoms with Crippen molar-refractivity contribution in [2.45, 2.75) is 102 Å². The van der Waals surface area contributed by atoms with E-state index in [1.165, 1.54) is 32.1 Å². The molecule has 0 saturated heterocycles. The van der Waals surface area contributed by atoms with Gasteiger partial charge >= 0.3 is 11.9 Å². The zero-order valence-electron chi connectivity index (χ0n) is 20.5. The highest BCUT2D eigenvalue weighted by Crippen LogP contribution is 2.63. The number of carbonyl (C=O) groups excluding carboxylic acids is 2. The van der Waals surface area contributed by atoms with Gasteiger partial charge in [-0.25, -0.2) is 13.6 Å². The SMILES string of the molecule is CC(F)(F)COC(=O)C12CC3CC(CC(OCC(=O)OC4(C)C5CC6CC(C5)CC4C6)(C3)C1)C2. The van der Waals surface area contributed by atoms with Crippen molar-refractivity contribution in [3.05, 3.63) is 0 Å². The molecule has 0 radical (unpaired) electrons. The zero-order chi connectivity index (χ0) is 23.9. The number of ether oxygens (including phenoxy) is 3. The highest BCUT2D eigenvalue weighted by Gasteiger charge is 2.62. The van der Waals surface area contributed by atoms with Gasteiger partial charge in [0.15, 0.2) is 6.61 Å². The highest BCUT2D eigenvalue weighted by atomic mass is 19.3. The Hall–Kier alpha value is -1.24. The van der Waals surface area contributed by atoms with Crippen LogP contribution in [-0.2, 0) is 23.8 Å². The van der Waals surface area contributed by atoms with E-state index in [0.717, 1.165) is 38.0 Å². The van der Waals surface area contributed by atoms with Crippen LogP contribution in [0.3, 0.4) is 0 Å². The molecule has 8 aliphatic carbocycles. The number of esters is 2. The highest BCUT2D eigenvalue weighted by molar-refractivity contribution is 5.78. The summed E-state index contributed by atoms with van der Waals surface area (Å²) in [7, 11) is 0. The molecule has 0 aromatic heterocycles. The summed E-state index contributed by atoms with van der Waals surface area (Å²) in [6, 6.07) is 0. The first-order chi connectivity index (χ1) is 16.0. The Morgan fingerprint density at radius 1 is 0.882 bits per heavy atom. The molecule has 34 heavy (non-hydrogen) atoms. The molecule has 5 nitrogen and oxygen atoms in total. The molecule has 0 amide bonds. The van der Waals surface area contributed by atoms with Gasteiger partial charge in [-0.2, -0.15) is 0 Å². The second kappa shape index (κ2) is 7.63. The summed E-state index contributed by atoms with van der Waals surface area (Å²) >= 11 is 0. The summed E-state index contributed by atoms with van der Waals surface area (Å²) in [5.74, 6) is -0.689. The predicted octanol–water partition coefficient (Wildman–Crippen LogP) is 5.30. The van der Waals surface area contributed by atoms with Gasteiger partial charge < -0.3 is 14.2 Å². The van der Waals surface area contributed by atoms with E-state index >= 15 is 0 Å². The molecule has 190 valence electrons. The van der Waals surface area contributed by atoms with Crippen molar-refractivity contribution in [2.75, 3.05) is 13.2 Å². The van der Waals surface area contributed by atoms with Crippen LogP contribution >= 0.6 is 0 Å². The Balaban J connectivity index is 1.11. The molecule has 2 unspecified atom stereocenters. The molecule has 8 bridgehead atoms. The molecule has 7 heteroatoms. The number of hydrogen-bond donors (Lipinski definition) is 0. The molecule has 0 heterocycles. The summed E-state index contributed by atoms with van der Waals surface area (Å²) in [6.45, 7) is 1.92. The quantitative estimate of drug-likeness (QED) is 0.463. The van der Waals surface area contributed by atoms with E-state index in [1.807, 2.05) is 0 Å². The van der Waals surface area contributed by atoms with Gasteiger partial charge in [0.25, 0.3) is 5.92 Å². The lowest BCUT2D eigenvalue weighted by molar-refractivity contribution is -0.228. The van der Waals surface area contributed by atoms with E-state index < -0.39 is 29.5 Å². The summed E-state index contributed by atoms with van der Waals surface area (Å²) in [5.41, 5.74) is -1.69. The van der Waals surface area contributed by atoms with E-state index in [-0.39, 0.29) is 18.2 Å². The third kappa shape index (κ3) is 3.88. The molecule has 2 atom stereocenters. The second-order valence-electron chi connectivity index (χ2n) is 13.3. The normalized spacial score (nSPS) is 48.2. The van der Waals surface area contributed by atoms with Crippen molar-refractivity contribution in [3.8, 4) is 0 Å². The van der Waals surface area contributed by atoms with Crippen LogP contribution in [0, 0.1) is 40.9 Å². The Morgan fingerprint density at radius 3 is 2.00 bits per heavy atom. The molecular weight excluding hydrogens is 442 g/mol. The van der Waals surface area contributed by atoms with Gasteiger partial charge in [-0.15, -0.1) is 0 Å². The average molecular weight is 481 g/mol. The van der Waals surface area contributed by atoms with Crippen LogP contribution in [0.15, 0.2) is 0 Å². The van der Waals surface area contributed by atoms with Crippen molar-refractivity contribution >= 4 is 11.9 Å². The van der Waals surface area contributed by atoms with Gasteiger partial charge in [0, 0.05) is 6.92 Å². The molecule has 8 fully saturated rings. The van der Waals surface area contributed by atoms with E-state index in [4.69, 9.17) is 14.2 Å². The van der Waals surface area contributed by atoms with E-state index in [9.17, 15) is 18.4 Å². The smallest absolute Gasteiger partial charge is 0.332 e. The number of hydrogen-bond acceptors (Lipinski definition) is 5. The van der Waals surface area contributed by atoms with Crippen LogP contribution in [0.25, 0.3) is 0 Å². The van der Waals surface area contributed by atoms with Crippen molar-refractivity contribution in [3.63, 3.8) is 0 Å². The number of carbonyl (C=O) groups is 2. The van der Waals surface area contributed by atoms with Gasteiger partial charge in [-0.1, -0.05) is 0 Å². The minimum atomic E-state index is -3.04. The van der Waals surface area contributed by atoms with Gasteiger partial charge in [-0.05, 0) is 113 Å². The molecule has 0 aliphatic heterocycles. The Bertz CT molecular complexity index is 822. The van der Waals surface area contributed by atoms with Crippen LogP contribution in [0.4, 0.5) is 8.78 Å². The van der Waals surface area contributed by atoms with Gasteiger partial charge in [-0.3, -0.25) is 4.79 Å². The van der Waals surface area contributed by atoms with Crippen LogP contribution < -0.4 is 0 Å². The summed E-state index contributed by atoms with van der Waals surface area (Å²) in [5, 5.41) is 0. The average Bonchev–Trinajstić information content (AvgIpc) is 2.73. The minimum Gasteiger partial charge on any atom is -0.459 e. The van der Waals surface area contributed by atoms with Gasteiger partial charge in [0.05, 0.1) is 11.0 Å². The Labute approximate surface area is 200 Å². The van der Waals surface area contributed by atoms with Crippen LogP contribution in [0.5, 0.6) is 0 Å². The summed E-state index contributed by atoms with van der Waals surface area (Å²) in [4.78, 5) is 26.0. The summed E-state index contributed by atoms with van der Waals surface area (Å²) < 4.78 is 44.3. The van der Waals surface area contributed by atoms with E-state index in [0.29, 0.717) is 42.9 Å². The first-order valence-electron chi connectivity index (χ1n) is 13.4. The maximum atomic E-state index is 13.3. The number of rotatable bonds is 7. The fraction of sp³-hybridized carbons (Fsp3) is 0.926. The Kier molecular flexibility index (Phi) is 5.20. The van der Waals surface area contributed by atoms with E-state index in [2.05, 4.69) is 6.92 Å². The largest absolute Gasteiger partial charge is 0.459 e. The van der Waals surface area contributed by atoms with Crippen molar-refractivity contribution < 1.29 is 32.6 Å². The maximum absolute atomic E-state index is 13.3. The van der Waals surface area contributed by atoms with Crippen LogP contribution in [0.1, 0.15) is 84.5 Å². The van der Waals surface area contributed by atoms with Crippen LogP contribution in [-0.4, -0.2) is 42.3 Å². The second-order valence-corrected chi connectivity index (χ2v) is 13.3. The molecular formula is C27H38F2O5. The van der Waals surface area contributed by atoms with E-state index in [1.54, 1.807) is 0 Å². The monoisotopic (exact) mass is 480 g/mol. The van der Waals surface area contributed by atoms with Crippen molar-refractivity contribution in [1.29, 1.82) is 0 Å². The molecule has 8 rings (SSSR count). The summed E-state index contributed by atoms with van der Waals surface area (Å²) in [6.07, 6.45) is 10.5. The lowest BCUT2D eigenvalue weighted by atomic mass is 9.48. The van der Waals surface area contributed by atoms with Crippen LogP contribution in [0.2, 0.25) is 0 Å². The first-order valence-corrected chi connectivity index (χ1v) is 13.4. The topological polar surface area (TPSA) is 61.8 Å². The predicted molar refractivity (Wildman–Crippen MR) is 119 cm³/mol. The first kappa shape index (κ1) is 23.2. The molecule has 0 aromatic carbocycles. The number of halogens is 2. The molecule has 0 N–H and O–H groups in total. The molecule has 8 saturated carbocycles. The standard InChI is InChI=1S/C27H38F2O5/c1-24(28,29)15-32-23(31)26-9-18-4-19(10-26)12-27(11-18,14-26)33-13-22(30)34-25(2)20-5-16-3-17(7-20)8-21(25)6-16/h16-21H,3-15H2,1-2H3. The molecule has 8 aliphatic rings. The molecule has 0 spiro atoms. The third-order valence-electron chi connectivity index (χ3n) is 10.5. The Morgan fingerprint density at radius 2 is 1.44 bits per heavy atom. The fourth-order valence-electron chi connectivity index (χ4n) is 9.71. The van der Waals surface area contributed by atoms with Gasteiger partial charge in [0.1, 0.15) is 12.2 Å². The zero-order valence-corrected chi connectivity index (χ0v) is 20.5. The van der Waals surface area contributed by atoms with Gasteiger partial charge in [0.2, 0.25) is 0 Å².